The van der Waals surface area contributed by atoms with Crippen LogP contribution in [-0.4, -0.2) is 67.8 Å². The number of carbonyl (C=O) groups excluding carboxylic acids is 3. The van der Waals surface area contributed by atoms with E-state index in [1.807, 2.05) is 28.8 Å². The van der Waals surface area contributed by atoms with E-state index in [1.165, 1.54) is 6.20 Å². The monoisotopic (exact) mass is 518 g/mol. The zero-order valence-corrected chi connectivity index (χ0v) is 21.5. The van der Waals surface area contributed by atoms with Gasteiger partial charge in [0.25, 0.3) is 11.8 Å². The van der Waals surface area contributed by atoms with Gasteiger partial charge in [0.2, 0.25) is 5.91 Å². The molecule has 35 heavy (non-hydrogen) atoms. The predicted octanol–water partition coefficient (Wildman–Crippen LogP) is 2.04. The van der Waals surface area contributed by atoms with Crippen molar-refractivity contribution in [3.8, 4) is 0 Å². The molecule has 0 atom stereocenters. The third-order valence-electron chi connectivity index (χ3n) is 6.20. The molecule has 188 valence electrons. The molecule has 1 fully saturated rings. The largest absolute Gasteiger partial charge is 0.354 e. The van der Waals surface area contributed by atoms with Crippen LogP contribution in [0.3, 0.4) is 0 Å². The molecule has 9 nitrogen and oxygen atoms in total. The topological polar surface area (TPSA) is 122 Å². The molecular formula is C24H31ClN6O3S. The van der Waals surface area contributed by atoms with E-state index in [0.717, 1.165) is 18.4 Å². The van der Waals surface area contributed by atoms with E-state index in [0.29, 0.717) is 43.4 Å². The van der Waals surface area contributed by atoms with Gasteiger partial charge in [0.05, 0.1) is 12.7 Å². The van der Waals surface area contributed by atoms with Gasteiger partial charge in [-0.15, -0.1) is 11.8 Å². The van der Waals surface area contributed by atoms with Crippen LogP contribution < -0.4 is 16.4 Å². The van der Waals surface area contributed by atoms with Gasteiger partial charge in [-0.2, -0.15) is 0 Å². The van der Waals surface area contributed by atoms with E-state index >= 15 is 0 Å². The number of rotatable bonds is 10. The second kappa shape index (κ2) is 10.2. The Morgan fingerprint density at radius 2 is 1.91 bits per heavy atom. The molecule has 2 aliphatic rings. The summed E-state index contributed by atoms with van der Waals surface area (Å²) < 4.78 is 1.50. The van der Waals surface area contributed by atoms with Crippen molar-refractivity contribution >= 4 is 41.1 Å². The molecule has 2 heterocycles. The molecular weight excluding hydrogens is 488 g/mol. The standard InChI is InChI=1S/C24H31ClN6O3S/c1-23(2,14-29-19(32)11-26)35-24(7-8-24)15-30-9-10-31-18(22(30)34)13-27-20(31)21(33)28-12-16-3-5-17(25)6-4-16/h3-6,13H,7-12,14-15,26H2,1-2H3,(H,28,33)(H,29,32). The number of hydrogen-bond donors (Lipinski definition) is 3. The van der Waals surface area contributed by atoms with Gasteiger partial charge in [-0.05, 0) is 44.4 Å². The molecule has 1 aromatic carbocycles. The lowest BCUT2D eigenvalue weighted by atomic mass is 10.2. The molecule has 1 aliphatic carbocycles. The minimum Gasteiger partial charge on any atom is -0.354 e. The van der Waals surface area contributed by atoms with Crippen molar-refractivity contribution in [2.75, 3.05) is 26.2 Å². The highest BCUT2D eigenvalue weighted by Crippen LogP contribution is 2.54. The fraction of sp³-hybridized carbons (Fsp3) is 0.500. The number of imidazole rings is 1. The SMILES string of the molecule is CC(C)(CNC(=O)CN)SC1(CN2CCn3c(cnc3C(=O)NCc3ccc(Cl)cc3)C2=O)CC1. The number of thioether (sulfide) groups is 1. The molecule has 0 saturated heterocycles. The van der Waals surface area contributed by atoms with E-state index in [2.05, 4.69) is 29.5 Å². The minimum absolute atomic E-state index is 0.0203. The minimum atomic E-state index is -0.317. The van der Waals surface area contributed by atoms with Gasteiger partial charge in [0, 0.05) is 47.2 Å². The molecule has 4 N–H and O–H groups in total. The summed E-state index contributed by atoms with van der Waals surface area (Å²) in [5, 5.41) is 6.37. The highest BCUT2D eigenvalue weighted by molar-refractivity contribution is 8.02. The van der Waals surface area contributed by atoms with Crippen LogP contribution in [0.25, 0.3) is 0 Å². The summed E-state index contributed by atoms with van der Waals surface area (Å²) in [7, 11) is 0. The van der Waals surface area contributed by atoms with Crippen LogP contribution in [0.15, 0.2) is 30.5 Å². The van der Waals surface area contributed by atoms with Gasteiger partial charge >= 0.3 is 0 Å². The zero-order chi connectivity index (χ0) is 25.2. The Kier molecular flexibility index (Phi) is 7.44. The Labute approximate surface area is 214 Å². The second-order valence-corrected chi connectivity index (χ2v) is 12.3. The number of fused-ring (bicyclic) bond motifs is 1. The number of nitrogens with zero attached hydrogens (tertiary/aromatic N) is 3. The molecule has 0 spiro atoms. The van der Waals surface area contributed by atoms with Gasteiger partial charge in [0.1, 0.15) is 5.69 Å². The Morgan fingerprint density at radius 1 is 1.20 bits per heavy atom. The van der Waals surface area contributed by atoms with Crippen molar-refractivity contribution in [1.82, 2.24) is 25.1 Å². The van der Waals surface area contributed by atoms with Crippen LogP contribution in [0.5, 0.6) is 0 Å². The average Bonchev–Trinajstić information content (AvgIpc) is 3.42. The van der Waals surface area contributed by atoms with Gasteiger partial charge in [-0.25, -0.2) is 4.98 Å². The normalized spacial score (nSPS) is 16.6. The van der Waals surface area contributed by atoms with Crippen LogP contribution in [-0.2, 0) is 17.9 Å². The lowest BCUT2D eigenvalue weighted by molar-refractivity contribution is -0.119. The number of nitrogens with one attached hydrogen (secondary N) is 2. The van der Waals surface area contributed by atoms with Crippen LogP contribution in [0.2, 0.25) is 5.02 Å². The number of benzene rings is 1. The Morgan fingerprint density at radius 3 is 2.57 bits per heavy atom. The van der Waals surface area contributed by atoms with Crippen molar-refractivity contribution in [3.63, 3.8) is 0 Å². The molecule has 4 rings (SSSR count). The highest BCUT2D eigenvalue weighted by atomic mass is 35.5. The first-order valence-corrected chi connectivity index (χ1v) is 12.9. The Bertz CT molecular complexity index is 1110. The fourth-order valence-electron chi connectivity index (χ4n) is 4.24. The number of aromatic nitrogens is 2. The third-order valence-corrected chi connectivity index (χ3v) is 8.12. The maximum absolute atomic E-state index is 13.2. The maximum Gasteiger partial charge on any atom is 0.287 e. The number of nitrogens with two attached hydrogens (primary N) is 1. The van der Waals surface area contributed by atoms with Crippen LogP contribution in [0, 0.1) is 0 Å². The van der Waals surface area contributed by atoms with Crippen molar-refractivity contribution < 1.29 is 14.4 Å². The quantitative estimate of drug-likeness (QED) is 0.442. The zero-order valence-electron chi connectivity index (χ0n) is 20.0. The van der Waals surface area contributed by atoms with E-state index in [-0.39, 0.29) is 39.6 Å². The van der Waals surface area contributed by atoms with Crippen LogP contribution >= 0.6 is 23.4 Å². The summed E-state index contributed by atoms with van der Waals surface area (Å²) in [5.41, 5.74) is 6.75. The average molecular weight is 519 g/mol. The maximum atomic E-state index is 13.2. The number of halogens is 1. The first-order chi connectivity index (χ1) is 16.6. The number of hydrogen-bond acceptors (Lipinski definition) is 6. The third kappa shape index (κ3) is 6.17. The molecule has 0 bridgehead atoms. The number of carbonyl (C=O) groups is 3. The second-order valence-electron chi connectivity index (χ2n) is 9.68. The van der Waals surface area contributed by atoms with Crippen molar-refractivity contribution in [2.45, 2.75) is 49.3 Å². The fourth-order valence-corrected chi connectivity index (χ4v) is 6.21. The molecule has 1 aliphatic heterocycles. The smallest absolute Gasteiger partial charge is 0.287 e. The summed E-state index contributed by atoms with van der Waals surface area (Å²) >= 11 is 7.73. The van der Waals surface area contributed by atoms with E-state index < -0.39 is 0 Å². The van der Waals surface area contributed by atoms with Gasteiger partial charge < -0.3 is 25.8 Å². The summed E-state index contributed by atoms with van der Waals surface area (Å²) in [5.74, 6) is -0.352. The molecule has 3 amide bonds. The number of amides is 3. The van der Waals surface area contributed by atoms with Crippen molar-refractivity contribution in [1.29, 1.82) is 0 Å². The molecule has 11 heteroatoms. The Balaban J connectivity index is 1.36. The van der Waals surface area contributed by atoms with Crippen molar-refractivity contribution in [2.24, 2.45) is 5.73 Å². The van der Waals surface area contributed by atoms with E-state index in [4.69, 9.17) is 17.3 Å². The van der Waals surface area contributed by atoms with Gasteiger partial charge in [-0.3, -0.25) is 14.4 Å². The first-order valence-electron chi connectivity index (χ1n) is 11.7. The van der Waals surface area contributed by atoms with Gasteiger partial charge in [0.15, 0.2) is 5.82 Å². The molecule has 0 radical (unpaired) electrons. The molecule has 1 aromatic heterocycles. The summed E-state index contributed by atoms with van der Waals surface area (Å²) in [4.78, 5) is 43.6. The highest BCUT2D eigenvalue weighted by Gasteiger charge is 2.49. The molecule has 1 saturated carbocycles. The Hall–Kier alpha value is -2.56. The summed E-state index contributed by atoms with van der Waals surface area (Å²) in [6.45, 7) is 6.70. The van der Waals surface area contributed by atoms with Crippen molar-refractivity contribution in [3.05, 3.63) is 52.6 Å². The van der Waals surface area contributed by atoms with Gasteiger partial charge in [-0.1, -0.05) is 23.7 Å². The lowest BCUT2D eigenvalue weighted by Gasteiger charge is -2.35. The van der Waals surface area contributed by atoms with E-state index in [1.54, 1.807) is 16.7 Å². The molecule has 2 aromatic rings. The lowest BCUT2D eigenvalue weighted by Crippen LogP contribution is -2.46. The van der Waals surface area contributed by atoms with Crippen LogP contribution in [0.1, 0.15) is 53.4 Å². The first kappa shape index (κ1) is 25.5. The van der Waals surface area contributed by atoms with Crippen LogP contribution in [0.4, 0.5) is 0 Å². The predicted molar refractivity (Wildman–Crippen MR) is 136 cm³/mol. The summed E-state index contributed by atoms with van der Waals surface area (Å²) in [6.07, 6.45) is 3.53. The summed E-state index contributed by atoms with van der Waals surface area (Å²) in [6, 6.07) is 7.25. The molecule has 0 unspecified atom stereocenters. The van der Waals surface area contributed by atoms with E-state index in [9.17, 15) is 14.4 Å².